The van der Waals surface area contributed by atoms with E-state index in [-0.39, 0.29) is 5.91 Å². The number of anilines is 1. The number of hydrogen-bond donors (Lipinski definition) is 1. The van der Waals surface area contributed by atoms with Gasteiger partial charge in [0.15, 0.2) is 0 Å². The van der Waals surface area contributed by atoms with Gasteiger partial charge in [-0.2, -0.15) is 0 Å². The molecule has 1 fully saturated rings. The van der Waals surface area contributed by atoms with Crippen molar-refractivity contribution in [2.24, 2.45) is 0 Å². The monoisotopic (exact) mass is 398 g/mol. The lowest BCUT2D eigenvalue weighted by atomic mass is 10.1. The molecular formula is C20H22N4O3S. The number of amides is 1. The molecule has 8 heteroatoms. The zero-order valence-electron chi connectivity index (χ0n) is 15.9. The van der Waals surface area contributed by atoms with Gasteiger partial charge in [0.05, 0.1) is 30.6 Å². The molecule has 0 spiro atoms. The number of carbonyl (C=O) groups excluding carboxylic acids is 1. The Kier molecular flexibility index (Phi) is 5.40. The number of hydrogen-bond acceptors (Lipinski definition) is 7. The van der Waals surface area contributed by atoms with Gasteiger partial charge in [-0.25, -0.2) is 9.97 Å². The number of nitrogens with zero attached hydrogens (tertiary/aromatic N) is 3. The lowest BCUT2D eigenvalue weighted by Crippen LogP contribution is -2.36. The van der Waals surface area contributed by atoms with Gasteiger partial charge in [-0.3, -0.25) is 4.79 Å². The number of ether oxygens (including phenoxy) is 2. The highest BCUT2D eigenvalue weighted by Gasteiger charge is 2.23. The number of para-hydroxylation sites is 1. The van der Waals surface area contributed by atoms with E-state index in [0.717, 1.165) is 46.0 Å². The van der Waals surface area contributed by atoms with Gasteiger partial charge in [-0.1, -0.05) is 18.2 Å². The van der Waals surface area contributed by atoms with Crippen LogP contribution in [0.2, 0.25) is 0 Å². The summed E-state index contributed by atoms with van der Waals surface area (Å²) in [5.74, 6) is 1.53. The second-order valence-corrected chi connectivity index (χ2v) is 7.53. The topological polar surface area (TPSA) is 76.6 Å². The van der Waals surface area contributed by atoms with Crippen LogP contribution in [0.3, 0.4) is 0 Å². The highest BCUT2D eigenvalue weighted by atomic mass is 32.1. The minimum absolute atomic E-state index is 0.112. The molecule has 1 aliphatic heterocycles. The Bertz CT molecular complexity index is 998. The fourth-order valence-electron chi connectivity index (χ4n) is 3.39. The number of rotatable bonds is 5. The highest BCUT2D eigenvalue weighted by molar-refractivity contribution is 7.20. The molecular weight excluding hydrogens is 376 g/mol. The third-order valence-corrected chi connectivity index (χ3v) is 6.05. The lowest BCUT2D eigenvalue weighted by molar-refractivity contribution is 0.0954. The second-order valence-electron chi connectivity index (χ2n) is 6.53. The molecule has 1 aliphatic rings. The summed E-state index contributed by atoms with van der Waals surface area (Å²) in [4.78, 5) is 25.5. The summed E-state index contributed by atoms with van der Waals surface area (Å²) in [6, 6.07) is 7.67. The molecule has 1 aromatic carbocycles. The van der Waals surface area contributed by atoms with Crippen LogP contribution in [0, 0.1) is 6.92 Å². The molecule has 3 aromatic rings. The van der Waals surface area contributed by atoms with Gasteiger partial charge < -0.3 is 19.7 Å². The van der Waals surface area contributed by atoms with Crippen molar-refractivity contribution in [1.29, 1.82) is 0 Å². The molecule has 0 saturated carbocycles. The number of methoxy groups -OCH3 is 1. The predicted molar refractivity (Wildman–Crippen MR) is 109 cm³/mol. The van der Waals surface area contributed by atoms with Crippen molar-refractivity contribution in [3.05, 3.63) is 46.6 Å². The first-order chi connectivity index (χ1) is 13.7. The maximum absolute atomic E-state index is 12.9. The number of aromatic nitrogens is 2. The summed E-state index contributed by atoms with van der Waals surface area (Å²) >= 11 is 1.40. The van der Waals surface area contributed by atoms with Crippen LogP contribution in [0.1, 0.15) is 20.8 Å². The van der Waals surface area contributed by atoms with Crippen LogP contribution < -0.4 is 15.0 Å². The Balaban J connectivity index is 1.60. The zero-order chi connectivity index (χ0) is 19.5. The molecule has 7 nitrogen and oxygen atoms in total. The Hall–Kier alpha value is -2.71. The van der Waals surface area contributed by atoms with E-state index < -0.39 is 0 Å². The van der Waals surface area contributed by atoms with Crippen LogP contribution in [0.25, 0.3) is 10.2 Å². The Morgan fingerprint density at radius 3 is 2.86 bits per heavy atom. The maximum atomic E-state index is 12.9. The van der Waals surface area contributed by atoms with E-state index in [2.05, 4.69) is 20.2 Å². The Morgan fingerprint density at radius 2 is 2.07 bits per heavy atom. The van der Waals surface area contributed by atoms with Crippen LogP contribution in [-0.2, 0) is 11.3 Å². The molecule has 1 amide bonds. The van der Waals surface area contributed by atoms with E-state index in [9.17, 15) is 4.79 Å². The minimum Gasteiger partial charge on any atom is -0.496 e. The Morgan fingerprint density at radius 1 is 1.29 bits per heavy atom. The average Bonchev–Trinajstić information content (AvgIpc) is 3.09. The SMILES string of the molecule is COc1ccccc1CNC(=O)c1sc2ncnc(N3CCOCC3)c2c1C. The molecule has 146 valence electrons. The number of carbonyl (C=O) groups is 1. The van der Waals surface area contributed by atoms with E-state index in [1.807, 2.05) is 31.2 Å². The van der Waals surface area contributed by atoms with Crippen molar-refractivity contribution >= 4 is 33.3 Å². The van der Waals surface area contributed by atoms with Crippen molar-refractivity contribution < 1.29 is 14.3 Å². The van der Waals surface area contributed by atoms with Gasteiger partial charge in [0.25, 0.3) is 5.91 Å². The zero-order valence-corrected chi connectivity index (χ0v) is 16.7. The number of fused-ring (bicyclic) bond motifs is 1. The summed E-state index contributed by atoms with van der Waals surface area (Å²) in [5, 5.41) is 3.96. The van der Waals surface area contributed by atoms with Gasteiger partial charge in [0, 0.05) is 25.2 Å². The second kappa shape index (κ2) is 8.12. The number of morpholine rings is 1. The van der Waals surface area contributed by atoms with Crippen molar-refractivity contribution in [1.82, 2.24) is 15.3 Å². The molecule has 28 heavy (non-hydrogen) atoms. The first kappa shape index (κ1) is 18.6. The molecule has 0 radical (unpaired) electrons. The standard InChI is InChI=1S/C20H22N4O3S/c1-13-16-18(24-7-9-27-10-8-24)22-12-23-20(16)28-17(13)19(25)21-11-14-5-3-4-6-15(14)26-2/h3-6,12H,7-11H2,1-2H3,(H,21,25). The van der Waals surface area contributed by atoms with Crippen molar-refractivity contribution in [2.75, 3.05) is 38.3 Å². The molecule has 0 bridgehead atoms. The molecule has 2 aromatic heterocycles. The molecule has 1 N–H and O–H groups in total. The molecule has 0 aliphatic carbocycles. The Labute approximate surface area is 167 Å². The first-order valence-electron chi connectivity index (χ1n) is 9.16. The average molecular weight is 398 g/mol. The maximum Gasteiger partial charge on any atom is 0.261 e. The summed E-state index contributed by atoms with van der Waals surface area (Å²) in [5.41, 5.74) is 1.85. The largest absolute Gasteiger partial charge is 0.496 e. The molecule has 0 unspecified atom stereocenters. The van der Waals surface area contributed by atoms with Crippen molar-refractivity contribution in [3.8, 4) is 5.75 Å². The summed E-state index contributed by atoms with van der Waals surface area (Å²) in [6.07, 6.45) is 1.57. The van der Waals surface area contributed by atoms with Crippen LogP contribution in [0.15, 0.2) is 30.6 Å². The van der Waals surface area contributed by atoms with Crippen molar-refractivity contribution in [3.63, 3.8) is 0 Å². The third kappa shape index (κ3) is 3.53. The van der Waals surface area contributed by atoms with Crippen molar-refractivity contribution in [2.45, 2.75) is 13.5 Å². The van der Waals surface area contributed by atoms with Crippen LogP contribution in [-0.4, -0.2) is 49.3 Å². The van der Waals surface area contributed by atoms with Gasteiger partial charge in [-0.05, 0) is 18.6 Å². The van der Waals surface area contributed by atoms with E-state index in [1.165, 1.54) is 11.3 Å². The van der Waals surface area contributed by atoms with Crippen LogP contribution >= 0.6 is 11.3 Å². The molecule has 0 atom stereocenters. The first-order valence-corrected chi connectivity index (χ1v) is 9.97. The number of thiophene rings is 1. The number of benzene rings is 1. The predicted octanol–water partition coefficient (Wildman–Crippen LogP) is 2.77. The van der Waals surface area contributed by atoms with E-state index in [4.69, 9.17) is 9.47 Å². The number of aryl methyl sites for hydroxylation is 1. The molecule has 4 rings (SSSR count). The van der Waals surface area contributed by atoms with E-state index in [0.29, 0.717) is 24.6 Å². The summed E-state index contributed by atoms with van der Waals surface area (Å²) in [6.45, 7) is 5.30. The van der Waals surface area contributed by atoms with E-state index in [1.54, 1.807) is 13.4 Å². The quantitative estimate of drug-likeness (QED) is 0.712. The number of nitrogens with one attached hydrogen (secondary N) is 1. The summed E-state index contributed by atoms with van der Waals surface area (Å²) < 4.78 is 10.8. The highest BCUT2D eigenvalue weighted by Crippen LogP contribution is 2.35. The fourth-order valence-corrected chi connectivity index (χ4v) is 4.45. The van der Waals surface area contributed by atoms with Gasteiger partial charge in [0.1, 0.15) is 22.7 Å². The lowest BCUT2D eigenvalue weighted by Gasteiger charge is -2.28. The van der Waals surface area contributed by atoms with Gasteiger partial charge in [0.2, 0.25) is 0 Å². The smallest absolute Gasteiger partial charge is 0.261 e. The fraction of sp³-hybridized carbons (Fsp3) is 0.350. The molecule has 1 saturated heterocycles. The van der Waals surface area contributed by atoms with Gasteiger partial charge in [-0.15, -0.1) is 11.3 Å². The van der Waals surface area contributed by atoms with Crippen LogP contribution in [0.5, 0.6) is 5.75 Å². The van der Waals surface area contributed by atoms with E-state index >= 15 is 0 Å². The molecule has 3 heterocycles. The summed E-state index contributed by atoms with van der Waals surface area (Å²) in [7, 11) is 1.63. The van der Waals surface area contributed by atoms with Crippen LogP contribution in [0.4, 0.5) is 5.82 Å². The third-order valence-electron chi connectivity index (χ3n) is 4.86. The normalized spacial score (nSPS) is 14.3. The minimum atomic E-state index is -0.112. The van der Waals surface area contributed by atoms with Gasteiger partial charge >= 0.3 is 0 Å².